The summed E-state index contributed by atoms with van der Waals surface area (Å²) >= 11 is 0. The van der Waals surface area contributed by atoms with Crippen molar-refractivity contribution in [2.45, 2.75) is 26.0 Å². The number of ether oxygens (including phenoxy) is 1. The second-order valence-corrected chi connectivity index (χ2v) is 3.58. The van der Waals surface area contributed by atoms with E-state index in [1.54, 1.807) is 6.92 Å². The van der Waals surface area contributed by atoms with Crippen molar-refractivity contribution in [3.8, 4) is 0 Å². The molecule has 0 bridgehead atoms. The normalized spacial score (nSPS) is 22.3. The minimum Gasteiger partial charge on any atom is -0.461 e. The molecule has 1 aliphatic rings. The average molecular weight is 199 g/mol. The highest BCUT2D eigenvalue weighted by Crippen LogP contribution is 2.13. The molecular weight excluding hydrogens is 182 g/mol. The van der Waals surface area contributed by atoms with Gasteiger partial charge in [0.15, 0.2) is 0 Å². The molecule has 1 fully saturated rings. The Bertz CT molecular complexity index is 227. The summed E-state index contributed by atoms with van der Waals surface area (Å²) in [6.07, 6.45) is 1.46. The standard InChI is InChI=1S/C10H17NO3/c1-8(2)10(13)14-7-6-11-5-3-4-9(11)12/h9,12H,1,3-7H2,2H3. The Hall–Kier alpha value is -0.870. The van der Waals surface area contributed by atoms with Crippen molar-refractivity contribution in [2.75, 3.05) is 19.7 Å². The lowest BCUT2D eigenvalue weighted by Gasteiger charge is -2.19. The molecule has 1 heterocycles. The Morgan fingerprint density at radius 2 is 2.43 bits per heavy atom. The highest BCUT2D eigenvalue weighted by Gasteiger charge is 2.21. The van der Waals surface area contributed by atoms with E-state index in [4.69, 9.17) is 4.74 Å². The van der Waals surface area contributed by atoms with Gasteiger partial charge in [-0.05, 0) is 19.8 Å². The lowest BCUT2D eigenvalue weighted by molar-refractivity contribution is -0.139. The molecule has 4 nitrogen and oxygen atoms in total. The molecular formula is C10H17NO3. The molecule has 0 aromatic heterocycles. The predicted molar refractivity (Wildman–Crippen MR) is 52.6 cm³/mol. The summed E-state index contributed by atoms with van der Waals surface area (Å²) in [6.45, 7) is 6.90. The van der Waals surface area contributed by atoms with Gasteiger partial charge in [0.2, 0.25) is 0 Å². The molecule has 0 saturated carbocycles. The number of aliphatic hydroxyl groups is 1. The number of likely N-dealkylation sites (tertiary alicyclic amines) is 1. The maximum Gasteiger partial charge on any atom is 0.333 e. The first-order chi connectivity index (χ1) is 6.61. The van der Waals surface area contributed by atoms with Crippen LogP contribution in [0.25, 0.3) is 0 Å². The van der Waals surface area contributed by atoms with Crippen LogP contribution in [0.4, 0.5) is 0 Å². The van der Waals surface area contributed by atoms with Gasteiger partial charge in [0.25, 0.3) is 0 Å². The van der Waals surface area contributed by atoms with E-state index in [0.29, 0.717) is 18.7 Å². The number of esters is 1. The van der Waals surface area contributed by atoms with E-state index in [0.717, 1.165) is 19.4 Å². The molecule has 0 spiro atoms. The molecule has 14 heavy (non-hydrogen) atoms. The number of rotatable bonds is 4. The van der Waals surface area contributed by atoms with Crippen LogP contribution in [0, 0.1) is 0 Å². The minimum atomic E-state index is -0.362. The third-order valence-corrected chi connectivity index (χ3v) is 2.29. The van der Waals surface area contributed by atoms with Crippen LogP contribution in [0.3, 0.4) is 0 Å². The molecule has 4 heteroatoms. The monoisotopic (exact) mass is 199 g/mol. The largest absolute Gasteiger partial charge is 0.461 e. The van der Waals surface area contributed by atoms with Gasteiger partial charge in [-0.3, -0.25) is 4.90 Å². The molecule has 0 radical (unpaired) electrons. The number of hydrogen-bond acceptors (Lipinski definition) is 4. The van der Waals surface area contributed by atoms with Gasteiger partial charge in [0, 0.05) is 18.7 Å². The van der Waals surface area contributed by atoms with Crippen LogP contribution in [-0.4, -0.2) is 41.9 Å². The summed E-state index contributed by atoms with van der Waals surface area (Å²) in [4.78, 5) is 12.9. The fourth-order valence-corrected chi connectivity index (χ4v) is 1.45. The SMILES string of the molecule is C=C(C)C(=O)OCCN1CCCC1O. The van der Waals surface area contributed by atoms with Gasteiger partial charge in [-0.15, -0.1) is 0 Å². The van der Waals surface area contributed by atoms with Crippen molar-refractivity contribution in [1.82, 2.24) is 4.90 Å². The first kappa shape index (κ1) is 11.2. The maximum atomic E-state index is 11.0. The number of carbonyl (C=O) groups excluding carboxylic acids is 1. The van der Waals surface area contributed by atoms with E-state index in [-0.39, 0.29) is 12.2 Å². The summed E-state index contributed by atoms with van der Waals surface area (Å²) in [5.74, 6) is -0.362. The molecule has 0 amide bonds. The van der Waals surface area contributed by atoms with Crippen LogP contribution in [0.1, 0.15) is 19.8 Å². The molecule has 1 rings (SSSR count). The molecule has 0 aliphatic carbocycles. The van der Waals surface area contributed by atoms with Crippen molar-refractivity contribution in [3.05, 3.63) is 12.2 Å². The Kier molecular flexibility index (Phi) is 4.10. The molecule has 1 saturated heterocycles. The van der Waals surface area contributed by atoms with Gasteiger partial charge in [0.1, 0.15) is 12.8 Å². The number of nitrogens with zero attached hydrogens (tertiary/aromatic N) is 1. The van der Waals surface area contributed by atoms with Crippen LogP contribution in [0.5, 0.6) is 0 Å². The summed E-state index contributed by atoms with van der Waals surface area (Å²) in [6, 6.07) is 0. The first-order valence-electron chi connectivity index (χ1n) is 4.86. The highest BCUT2D eigenvalue weighted by molar-refractivity contribution is 5.86. The highest BCUT2D eigenvalue weighted by atomic mass is 16.5. The van der Waals surface area contributed by atoms with Crippen molar-refractivity contribution in [3.63, 3.8) is 0 Å². The van der Waals surface area contributed by atoms with E-state index in [1.165, 1.54) is 0 Å². The Morgan fingerprint density at radius 1 is 1.71 bits per heavy atom. The van der Waals surface area contributed by atoms with Crippen LogP contribution in [0.2, 0.25) is 0 Å². The number of carbonyl (C=O) groups is 1. The summed E-state index contributed by atoms with van der Waals surface area (Å²) in [5, 5.41) is 9.43. The Labute approximate surface area is 84.2 Å². The quantitative estimate of drug-likeness (QED) is 0.529. The second kappa shape index (κ2) is 5.12. The van der Waals surface area contributed by atoms with E-state index < -0.39 is 0 Å². The summed E-state index contributed by atoms with van der Waals surface area (Å²) in [7, 11) is 0. The van der Waals surface area contributed by atoms with Crippen LogP contribution in [0.15, 0.2) is 12.2 Å². The van der Waals surface area contributed by atoms with Gasteiger partial charge >= 0.3 is 5.97 Å². The maximum absolute atomic E-state index is 11.0. The van der Waals surface area contributed by atoms with Gasteiger partial charge in [-0.25, -0.2) is 4.79 Å². The van der Waals surface area contributed by atoms with Crippen LogP contribution < -0.4 is 0 Å². The second-order valence-electron chi connectivity index (χ2n) is 3.58. The van der Waals surface area contributed by atoms with E-state index in [2.05, 4.69) is 6.58 Å². The molecule has 1 aliphatic heterocycles. The van der Waals surface area contributed by atoms with Crippen molar-refractivity contribution in [2.24, 2.45) is 0 Å². The van der Waals surface area contributed by atoms with Gasteiger partial charge in [-0.2, -0.15) is 0 Å². The lowest BCUT2D eigenvalue weighted by Crippen LogP contribution is -2.32. The van der Waals surface area contributed by atoms with Crippen LogP contribution >= 0.6 is 0 Å². The van der Waals surface area contributed by atoms with Gasteiger partial charge in [-0.1, -0.05) is 6.58 Å². The zero-order chi connectivity index (χ0) is 10.6. The average Bonchev–Trinajstić information content (AvgIpc) is 2.51. The van der Waals surface area contributed by atoms with Crippen LogP contribution in [-0.2, 0) is 9.53 Å². The van der Waals surface area contributed by atoms with E-state index in [9.17, 15) is 9.90 Å². The van der Waals surface area contributed by atoms with E-state index >= 15 is 0 Å². The molecule has 1 N–H and O–H groups in total. The predicted octanol–water partition coefficient (Wildman–Crippen LogP) is 0.520. The van der Waals surface area contributed by atoms with E-state index in [1.807, 2.05) is 4.90 Å². The fourth-order valence-electron chi connectivity index (χ4n) is 1.45. The third kappa shape index (κ3) is 3.12. The van der Waals surface area contributed by atoms with Crippen molar-refractivity contribution in [1.29, 1.82) is 0 Å². The molecule has 1 atom stereocenters. The Balaban J connectivity index is 2.15. The fraction of sp³-hybridized carbons (Fsp3) is 0.700. The van der Waals surface area contributed by atoms with Crippen molar-refractivity contribution >= 4 is 5.97 Å². The number of hydrogen-bond donors (Lipinski definition) is 1. The summed E-state index contributed by atoms with van der Waals surface area (Å²) < 4.78 is 4.92. The molecule has 1 unspecified atom stereocenters. The lowest BCUT2D eigenvalue weighted by atomic mass is 10.4. The zero-order valence-corrected chi connectivity index (χ0v) is 8.53. The smallest absolute Gasteiger partial charge is 0.333 e. The molecule has 0 aromatic rings. The number of aliphatic hydroxyl groups excluding tert-OH is 1. The zero-order valence-electron chi connectivity index (χ0n) is 8.53. The van der Waals surface area contributed by atoms with Gasteiger partial charge < -0.3 is 9.84 Å². The molecule has 0 aromatic carbocycles. The van der Waals surface area contributed by atoms with Crippen molar-refractivity contribution < 1.29 is 14.6 Å². The topological polar surface area (TPSA) is 49.8 Å². The minimum absolute atomic E-state index is 0.322. The third-order valence-electron chi connectivity index (χ3n) is 2.29. The Morgan fingerprint density at radius 3 is 2.93 bits per heavy atom. The first-order valence-corrected chi connectivity index (χ1v) is 4.86. The summed E-state index contributed by atoms with van der Waals surface area (Å²) in [5.41, 5.74) is 0.409. The molecule has 80 valence electrons. The van der Waals surface area contributed by atoms with Gasteiger partial charge in [0.05, 0.1) is 0 Å².